The summed E-state index contributed by atoms with van der Waals surface area (Å²) in [7, 11) is 0. The molecule has 0 aliphatic heterocycles. The molecule has 1 rings (SSSR count). The predicted molar refractivity (Wildman–Crippen MR) is 48.3 cm³/mol. The van der Waals surface area contributed by atoms with Crippen LogP contribution in [0.2, 0.25) is 0 Å². The topological polar surface area (TPSA) is 91.2 Å². The van der Waals surface area contributed by atoms with Crippen LogP contribution in [0.25, 0.3) is 0 Å². The van der Waals surface area contributed by atoms with Crippen LogP contribution < -0.4 is 5.73 Å². The first-order valence-corrected chi connectivity index (χ1v) is 3.53. The smallest absolute Gasteiger partial charge is 0.170 e. The molecule has 1 aromatic rings. The Labute approximate surface area is 74.8 Å². The molecule has 0 saturated heterocycles. The lowest BCUT2D eigenvalue weighted by Gasteiger charge is -1.97. The summed E-state index contributed by atoms with van der Waals surface area (Å²) in [6.45, 7) is 0. The van der Waals surface area contributed by atoms with Crippen LogP contribution in [0.1, 0.15) is 11.1 Å². The summed E-state index contributed by atoms with van der Waals surface area (Å²) in [5, 5.41) is 22.3. The molecule has 0 aliphatic carbocycles. The minimum absolute atomic E-state index is 0.0486. The lowest BCUT2D eigenvalue weighted by molar-refractivity contribution is 0.318. The number of amidine groups is 1. The van der Waals surface area contributed by atoms with Crippen LogP contribution in [-0.4, -0.2) is 22.5 Å². The van der Waals surface area contributed by atoms with Gasteiger partial charge in [-0.2, -0.15) is 0 Å². The molecule has 13 heavy (non-hydrogen) atoms. The maximum atomic E-state index is 8.36. The van der Waals surface area contributed by atoms with E-state index in [9.17, 15) is 0 Å². The third-order valence-electron chi connectivity index (χ3n) is 1.52. The van der Waals surface area contributed by atoms with Crippen LogP contribution in [0.3, 0.4) is 0 Å². The molecule has 0 bridgehead atoms. The lowest BCUT2D eigenvalue weighted by atomic mass is 10.1. The van der Waals surface area contributed by atoms with Crippen molar-refractivity contribution in [3.05, 3.63) is 35.4 Å². The number of hydrogen-bond donors (Lipinski definition) is 3. The van der Waals surface area contributed by atoms with Gasteiger partial charge in [0.2, 0.25) is 0 Å². The molecule has 0 amide bonds. The van der Waals surface area contributed by atoms with E-state index in [4.69, 9.17) is 16.1 Å². The SMILES string of the molecule is NC(=NO)c1ccc(/C=N/O)cc1. The fraction of sp³-hybridized carbons (Fsp3) is 0. The van der Waals surface area contributed by atoms with Crippen LogP contribution in [0, 0.1) is 0 Å². The average molecular weight is 179 g/mol. The summed E-state index contributed by atoms with van der Waals surface area (Å²) in [6.07, 6.45) is 1.29. The van der Waals surface area contributed by atoms with E-state index in [1.807, 2.05) is 0 Å². The fourth-order valence-electron chi connectivity index (χ4n) is 0.864. The van der Waals surface area contributed by atoms with Gasteiger partial charge in [-0.3, -0.25) is 0 Å². The van der Waals surface area contributed by atoms with Gasteiger partial charge < -0.3 is 16.1 Å². The largest absolute Gasteiger partial charge is 0.411 e. The Kier molecular flexibility index (Phi) is 2.86. The van der Waals surface area contributed by atoms with Crippen molar-refractivity contribution in [2.45, 2.75) is 0 Å². The molecule has 0 unspecified atom stereocenters. The Balaban J connectivity index is 2.93. The Morgan fingerprint density at radius 1 is 1.23 bits per heavy atom. The zero-order valence-corrected chi connectivity index (χ0v) is 6.75. The van der Waals surface area contributed by atoms with Crippen molar-refractivity contribution in [3.8, 4) is 0 Å². The van der Waals surface area contributed by atoms with Gasteiger partial charge in [0.1, 0.15) is 0 Å². The monoisotopic (exact) mass is 179 g/mol. The molecule has 0 saturated carbocycles. The van der Waals surface area contributed by atoms with Gasteiger partial charge in [-0.05, 0) is 5.56 Å². The van der Waals surface area contributed by atoms with E-state index < -0.39 is 0 Å². The molecule has 0 atom stereocenters. The lowest BCUT2D eigenvalue weighted by Crippen LogP contribution is -2.12. The molecule has 68 valence electrons. The molecule has 5 heteroatoms. The highest BCUT2D eigenvalue weighted by Gasteiger charge is 1.97. The molecule has 0 aromatic heterocycles. The maximum Gasteiger partial charge on any atom is 0.170 e. The van der Waals surface area contributed by atoms with Gasteiger partial charge in [-0.15, -0.1) is 0 Å². The number of nitrogens with two attached hydrogens (primary N) is 1. The standard InChI is InChI=1S/C8H9N3O2/c9-8(11-13)7-3-1-6(2-4-7)5-10-12/h1-5,12-13H,(H2,9,11)/b10-5+. The Morgan fingerprint density at radius 3 is 2.31 bits per heavy atom. The molecule has 0 fully saturated rings. The first-order valence-electron chi connectivity index (χ1n) is 3.53. The van der Waals surface area contributed by atoms with Gasteiger partial charge in [0.05, 0.1) is 6.21 Å². The second-order valence-electron chi connectivity index (χ2n) is 2.35. The summed E-state index contributed by atoms with van der Waals surface area (Å²) >= 11 is 0. The van der Waals surface area contributed by atoms with Crippen molar-refractivity contribution in [2.75, 3.05) is 0 Å². The molecular formula is C8H9N3O2. The molecule has 0 aliphatic rings. The molecule has 5 nitrogen and oxygen atoms in total. The third-order valence-corrected chi connectivity index (χ3v) is 1.52. The number of oxime groups is 2. The fourth-order valence-corrected chi connectivity index (χ4v) is 0.864. The highest BCUT2D eigenvalue weighted by molar-refractivity contribution is 5.97. The summed E-state index contributed by atoms with van der Waals surface area (Å²) < 4.78 is 0. The number of rotatable bonds is 2. The zero-order valence-electron chi connectivity index (χ0n) is 6.75. The summed E-state index contributed by atoms with van der Waals surface area (Å²) in [5.74, 6) is 0.0486. The molecule has 0 radical (unpaired) electrons. The second kappa shape index (κ2) is 4.10. The number of benzene rings is 1. The van der Waals surface area contributed by atoms with Gasteiger partial charge in [-0.1, -0.05) is 34.6 Å². The van der Waals surface area contributed by atoms with Crippen molar-refractivity contribution in [1.82, 2.24) is 0 Å². The summed E-state index contributed by atoms with van der Waals surface area (Å²) in [5.41, 5.74) is 6.68. The summed E-state index contributed by atoms with van der Waals surface area (Å²) in [6, 6.07) is 6.69. The molecule has 1 aromatic carbocycles. The second-order valence-corrected chi connectivity index (χ2v) is 2.35. The van der Waals surface area contributed by atoms with Crippen molar-refractivity contribution in [2.24, 2.45) is 16.0 Å². The van der Waals surface area contributed by atoms with Crippen molar-refractivity contribution in [3.63, 3.8) is 0 Å². The van der Waals surface area contributed by atoms with Crippen LogP contribution in [0.15, 0.2) is 34.6 Å². The zero-order chi connectivity index (χ0) is 9.68. The number of hydrogen-bond acceptors (Lipinski definition) is 4. The number of nitrogens with zero attached hydrogens (tertiary/aromatic N) is 2. The molecule has 4 N–H and O–H groups in total. The van der Waals surface area contributed by atoms with Gasteiger partial charge >= 0.3 is 0 Å². The van der Waals surface area contributed by atoms with E-state index in [0.717, 1.165) is 5.56 Å². The third kappa shape index (κ3) is 2.19. The van der Waals surface area contributed by atoms with E-state index in [-0.39, 0.29) is 5.84 Å². The molecule has 0 spiro atoms. The van der Waals surface area contributed by atoms with Gasteiger partial charge in [0.15, 0.2) is 5.84 Å². The normalized spacial score (nSPS) is 12.2. The minimum atomic E-state index is 0.0486. The van der Waals surface area contributed by atoms with Crippen LogP contribution in [0.5, 0.6) is 0 Å². The van der Waals surface area contributed by atoms with E-state index in [1.54, 1.807) is 24.3 Å². The van der Waals surface area contributed by atoms with Gasteiger partial charge in [0.25, 0.3) is 0 Å². The summed E-state index contributed by atoms with van der Waals surface area (Å²) in [4.78, 5) is 0. The van der Waals surface area contributed by atoms with E-state index in [1.165, 1.54) is 6.21 Å². The molecular weight excluding hydrogens is 170 g/mol. The van der Waals surface area contributed by atoms with Crippen LogP contribution in [-0.2, 0) is 0 Å². The first kappa shape index (κ1) is 9.05. The van der Waals surface area contributed by atoms with Crippen LogP contribution in [0.4, 0.5) is 0 Å². The van der Waals surface area contributed by atoms with Crippen molar-refractivity contribution >= 4 is 12.1 Å². The first-order chi connectivity index (χ1) is 6.27. The Morgan fingerprint density at radius 2 is 1.85 bits per heavy atom. The minimum Gasteiger partial charge on any atom is -0.411 e. The van der Waals surface area contributed by atoms with E-state index in [0.29, 0.717) is 5.56 Å². The van der Waals surface area contributed by atoms with Crippen molar-refractivity contribution < 1.29 is 10.4 Å². The highest BCUT2D eigenvalue weighted by Crippen LogP contribution is 2.01. The van der Waals surface area contributed by atoms with Crippen molar-refractivity contribution in [1.29, 1.82) is 0 Å². The Bertz CT molecular complexity index is 330. The highest BCUT2D eigenvalue weighted by atomic mass is 16.4. The van der Waals surface area contributed by atoms with Crippen LogP contribution >= 0.6 is 0 Å². The van der Waals surface area contributed by atoms with E-state index in [2.05, 4.69) is 10.3 Å². The van der Waals surface area contributed by atoms with E-state index >= 15 is 0 Å². The van der Waals surface area contributed by atoms with Gasteiger partial charge in [0, 0.05) is 5.56 Å². The Hall–Kier alpha value is -2.04. The quantitative estimate of drug-likeness (QED) is 0.268. The molecule has 0 heterocycles. The van der Waals surface area contributed by atoms with Gasteiger partial charge in [-0.25, -0.2) is 0 Å². The predicted octanol–water partition coefficient (Wildman–Crippen LogP) is 0.589. The average Bonchev–Trinajstić information content (AvgIpc) is 2.18. The maximum absolute atomic E-state index is 8.36.